The molecule has 1 aromatic carbocycles. The van der Waals surface area contributed by atoms with Gasteiger partial charge in [-0.05, 0) is 64.3 Å². The number of ether oxygens (including phenoxy) is 1. The molecule has 0 spiro atoms. The van der Waals surface area contributed by atoms with Crippen molar-refractivity contribution >= 4 is 11.8 Å². The molecule has 3 N–H and O–H groups in total. The van der Waals surface area contributed by atoms with Crippen molar-refractivity contribution in [1.29, 1.82) is 0 Å². The minimum Gasteiger partial charge on any atom is -0.444 e. The lowest BCUT2D eigenvalue weighted by Gasteiger charge is -2.20. The standard InChI is InChI=1S/C15H23FN2O2/c1-15(2,3)20-14(19)18-13-10-11(6-4-5-9-17)7-8-12(13)16/h7-8,10H,4-6,9,17H2,1-3H3,(H,18,19). The molecule has 0 radical (unpaired) electrons. The number of hydrogen-bond acceptors (Lipinski definition) is 3. The van der Waals surface area contributed by atoms with Gasteiger partial charge < -0.3 is 10.5 Å². The van der Waals surface area contributed by atoms with E-state index >= 15 is 0 Å². The number of halogens is 1. The molecule has 0 bridgehead atoms. The van der Waals surface area contributed by atoms with E-state index < -0.39 is 17.5 Å². The zero-order chi connectivity index (χ0) is 15.2. The Labute approximate surface area is 119 Å². The third-order valence-corrected chi connectivity index (χ3v) is 2.59. The molecular formula is C15H23FN2O2. The number of carbonyl (C=O) groups is 1. The first kappa shape index (κ1) is 16.4. The topological polar surface area (TPSA) is 64.3 Å². The van der Waals surface area contributed by atoms with Gasteiger partial charge in [0.15, 0.2) is 0 Å². The number of anilines is 1. The van der Waals surface area contributed by atoms with Crippen LogP contribution in [-0.2, 0) is 11.2 Å². The van der Waals surface area contributed by atoms with Crippen LogP contribution in [0.5, 0.6) is 0 Å². The number of benzene rings is 1. The molecule has 0 heterocycles. The van der Waals surface area contributed by atoms with Crippen LogP contribution in [0.3, 0.4) is 0 Å². The van der Waals surface area contributed by atoms with E-state index in [2.05, 4.69) is 5.32 Å². The second kappa shape index (κ2) is 7.24. The molecule has 20 heavy (non-hydrogen) atoms. The normalized spacial score (nSPS) is 11.2. The van der Waals surface area contributed by atoms with Crippen LogP contribution in [0.25, 0.3) is 0 Å². The fourth-order valence-corrected chi connectivity index (χ4v) is 1.71. The SMILES string of the molecule is CC(C)(C)OC(=O)Nc1cc(CCCCN)ccc1F. The van der Waals surface area contributed by atoms with Crippen molar-refractivity contribution in [2.75, 3.05) is 11.9 Å². The Hall–Kier alpha value is -1.62. The van der Waals surface area contributed by atoms with Crippen molar-refractivity contribution in [1.82, 2.24) is 0 Å². The highest BCUT2D eigenvalue weighted by molar-refractivity contribution is 5.85. The zero-order valence-corrected chi connectivity index (χ0v) is 12.3. The van der Waals surface area contributed by atoms with Crippen LogP contribution in [0.15, 0.2) is 18.2 Å². The monoisotopic (exact) mass is 282 g/mol. The number of carbonyl (C=O) groups excluding carboxylic acids is 1. The summed E-state index contributed by atoms with van der Waals surface area (Å²) in [4.78, 5) is 11.6. The molecule has 0 aliphatic carbocycles. The Morgan fingerprint density at radius 2 is 2.05 bits per heavy atom. The van der Waals surface area contributed by atoms with Crippen molar-refractivity contribution in [3.8, 4) is 0 Å². The van der Waals surface area contributed by atoms with E-state index in [0.29, 0.717) is 6.54 Å². The highest BCUT2D eigenvalue weighted by atomic mass is 19.1. The quantitative estimate of drug-likeness (QED) is 0.813. The average molecular weight is 282 g/mol. The van der Waals surface area contributed by atoms with Gasteiger partial charge in [-0.3, -0.25) is 5.32 Å². The van der Waals surface area contributed by atoms with E-state index in [1.807, 2.05) is 0 Å². The summed E-state index contributed by atoms with van der Waals surface area (Å²) in [5, 5.41) is 2.44. The Morgan fingerprint density at radius 1 is 1.35 bits per heavy atom. The van der Waals surface area contributed by atoms with Gasteiger partial charge in [-0.25, -0.2) is 9.18 Å². The summed E-state index contributed by atoms with van der Waals surface area (Å²) in [5.74, 6) is -0.474. The number of aryl methyl sites for hydroxylation is 1. The number of nitrogens with two attached hydrogens (primary N) is 1. The average Bonchev–Trinajstić information content (AvgIpc) is 2.31. The molecule has 112 valence electrons. The Morgan fingerprint density at radius 3 is 2.65 bits per heavy atom. The predicted molar refractivity (Wildman–Crippen MR) is 78.2 cm³/mol. The molecule has 4 nitrogen and oxygen atoms in total. The maximum atomic E-state index is 13.7. The minimum atomic E-state index is -0.657. The molecule has 5 heteroatoms. The first-order chi connectivity index (χ1) is 9.31. The highest BCUT2D eigenvalue weighted by Crippen LogP contribution is 2.19. The molecule has 1 aromatic rings. The molecular weight excluding hydrogens is 259 g/mol. The molecule has 0 saturated heterocycles. The summed E-state index contributed by atoms with van der Waals surface area (Å²) in [6.07, 6.45) is 2.01. The van der Waals surface area contributed by atoms with E-state index in [1.54, 1.807) is 32.9 Å². The fourth-order valence-electron chi connectivity index (χ4n) is 1.71. The zero-order valence-electron chi connectivity index (χ0n) is 12.3. The summed E-state index contributed by atoms with van der Waals surface area (Å²) in [6, 6.07) is 4.70. The van der Waals surface area contributed by atoms with Gasteiger partial charge >= 0.3 is 6.09 Å². The van der Waals surface area contributed by atoms with E-state index in [0.717, 1.165) is 24.8 Å². The highest BCUT2D eigenvalue weighted by Gasteiger charge is 2.17. The largest absolute Gasteiger partial charge is 0.444 e. The van der Waals surface area contributed by atoms with Gasteiger partial charge in [0, 0.05) is 0 Å². The van der Waals surface area contributed by atoms with Gasteiger partial charge in [-0.2, -0.15) is 0 Å². The van der Waals surface area contributed by atoms with Crippen LogP contribution in [0.1, 0.15) is 39.2 Å². The third-order valence-electron chi connectivity index (χ3n) is 2.59. The molecule has 0 fully saturated rings. The summed E-state index contributed by atoms with van der Waals surface area (Å²) < 4.78 is 18.8. The van der Waals surface area contributed by atoms with Gasteiger partial charge in [0.1, 0.15) is 11.4 Å². The molecule has 1 rings (SSSR count). The maximum Gasteiger partial charge on any atom is 0.412 e. The minimum absolute atomic E-state index is 0.143. The molecule has 0 aliphatic heterocycles. The van der Waals surface area contributed by atoms with E-state index in [4.69, 9.17) is 10.5 Å². The van der Waals surface area contributed by atoms with Crippen molar-refractivity contribution in [3.05, 3.63) is 29.6 Å². The third kappa shape index (κ3) is 6.02. The van der Waals surface area contributed by atoms with Gasteiger partial charge in [0.25, 0.3) is 0 Å². The van der Waals surface area contributed by atoms with Gasteiger partial charge in [0.2, 0.25) is 0 Å². The summed E-state index contributed by atoms with van der Waals surface area (Å²) >= 11 is 0. The van der Waals surface area contributed by atoms with Gasteiger partial charge in [-0.15, -0.1) is 0 Å². The predicted octanol–water partition coefficient (Wildman–Crippen LogP) is 3.45. The molecule has 1 amide bonds. The van der Waals surface area contributed by atoms with Crippen LogP contribution in [0, 0.1) is 5.82 Å². The smallest absolute Gasteiger partial charge is 0.412 e. The Kier molecular flexibility index (Phi) is 5.95. The van der Waals surface area contributed by atoms with Crippen molar-refractivity contribution in [2.45, 2.75) is 45.6 Å². The number of unbranched alkanes of at least 4 members (excludes halogenated alkanes) is 1. The first-order valence-electron chi connectivity index (χ1n) is 6.80. The molecule has 0 saturated carbocycles. The number of nitrogens with one attached hydrogen (secondary N) is 1. The van der Waals surface area contributed by atoms with Gasteiger partial charge in [0.05, 0.1) is 5.69 Å². The van der Waals surface area contributed by atoms with Gasteiger partial charge in [-0.1, -0.05) is 6.07 Å². The lowest BCUT2D eigenvalue weighted by atomic mass is 10.1. The molecule has 0 aliphatic rings. The maximum absolute atomic E-state index is 13.7. The van der Waals surface area contributed by atoms with Crippen LogP contribution in [-0.4, -0.2) is 18.2 Å². The fraction of sp³-hybridized carbons (Fsp3) is 0.533. The second-order valence-electron chi connectivity index (χ2n) is 5.69. The number of hydrogen-bond donors (Lipinski definition) is 2. The summed E-state index contributed by atoms with van der Waals surface area (Å²) in [7, 11) is 0. The number of amides is 1. The lowest BCUT2D eigenvalue weighted by molar-refractivity contribution is 0.0635. The number of rotatable bonds is 5. The van der Waals surface area contributed by atoms with Crippen LogP contribution in [0.2, 0.25) is 0 Å². The van der Waals surface area contributed by atoms with Crippen molar-refractivity contribution in [2.24, 2.45) is 5.73 Å². The van der Waals surface area contributed by atoms with E-state index in [-0.39, 0.29) is 5.69 Å². The second-order valence-corrected chi connectivity index (χ2v) is 5.69. The van der Waals surface area contributed by atoms with Crippen molar-refractivity contribution in [3.63, 3.8) is 0 Å². The van der Waals surface area contributed by atoms with E-state index in [1.165, 1.54) is 6.07 Å². The Balaban J connectivity index is 2.68. The molecule has 0 atom stereocenters. The summed E-state index contributed by atoms with van der Waals surface area (Å²) in [5.41, 5.74) is 5.93. The van der Waals surface area contributed by atoms with Crippen LogP contribution >= 0.6 is 0 Å². The lowest BCUT2D eigenvalue weighted by Crippen LogP contribution is -2.27. The Bertz CT molecular complexity index is 456. The van der Waals surface area contributed by atoms with Crippen molar-refractivity contribution < 1.29 is 13.9 Å². The molecule has 0 unspecified atom stereocenters. The van der Waals surface area contributed by atoms with Crippen LogP contribution < -0.4 is 11.1 Å². The first-order valence-corrected chi connectivity index (χ1v) is 6.80. The summed E-state index contributed by atoms with van der Waals surface area (Å²) in [6.45, 7) is 5.91. The van der Waals surface area contributed by atoms with E-state index in [9.17, 15) is 9.18 Å². The molecule has 0 aromatic heterocycles. The van der Waals surface area contributed by atoms with Crippen LogP contribution in [0.4, 0.5) is 14.9 Å².